The van der Waals surface area contributed by atoms with Gasteiger partial charge in [-0.15, -0.1) is 5.06 Å². The first kappa shape index (κ1) is 22.0. The van der Waals surface area contributed by atoms with Crippen molar-refractivity contribution in [3.05, 3.63) is 28.2 Å². The van der Waals surface area contributed by atoms with E-state index in [4.69, 9.17) is 14.3 Å². The number of amides is 2. The highest BCUT2D eigenvalue weighted by molar-refractivity contribution is 9.10. The second-order valence-electron chi connectivity index (χ2n) is 8.36. The van der Waals surface area contributed by atoms with E-state index in [-0.39, 0.29) is 6.42 Å². The van der Waals surface area contributed by atoms with Crippen LogP contribution >= 0.6 is 15.9 Å². The highest BCUT2D eigenvalue weighted by Crippen LogP contribution is 2.31. The lowest BCUT2D eigenvalue weighted by atomic mass is 9.99. The van der Waals surface area contributed by atoms with Crippen molar-refractivity contribution in [3.8, 4) is 0 Å². The molecule has 0 fully saturated rings. The summed E-state index contributed by atoms with van der Waals surface area (Å²) in [5, 5.41) is 3.39. The van der Waals surface area contributed by atoms with Crippen LogP contribution in [-0.4, -0.2) is 35.4 Å². The molecule has 8 nitrogen and oxygen atoms in total. The van der Waals surface area contributed by atoms with Crippen molar-refractivity contribution >= 4 is 39.8 Å². The molecule has 0 saturated heterocycles. The van der Waals surface area contributed by atoms with E-state index in [0.29, 0.717) is 11.3 Å². The van der Waals surface area contributed by atoms with Crippen LogP contribution in [-0.2, 0) is 25.5 Å². The number of ether oxygens (including phenoxy) is 2. The lowest BCUT2D eigenvalue weighted by Crippen LogP contribution is -2.54. The van der Waals surface area contributed by atoms with Gasteiger partial charge in [0.2, 0.25) is 0 Å². The van der Waals surface area contributed by atoms with E-state index in [9.17, 15) is 14.4 Å². The molecule has 154 valence electrons. The van der Waals surface area contributed by atoms with E-state index in [0.717, 1.165) is 9.54 Å². The summed E-state index contributed by atoms with van der Waals surface area (Å²) >= 11 is 3.38. The molecule has 0 aliphatic carbocycles. The van der Waals surface area contributed by atoms with Crippen LogP contribution in [0.2, 0.25) is 0 Å². The first-order valence-electron chi connectivity index (χ1n) is 8.78. The van der Waals surface area contributed by atoms with Gasteiger partial charge in [-0.3, -0.25) is 9.63 Å². The van der Waals surface area contributed by atoms with Gasteiger partial charge in [0.1, 0.15) is 17.2 Å². The van der Waals surface area contributed by atoms with Crippen LogP contribution < -0.4 is 10.4 Å². The Morgan fingerprint density at radius 2 is 1.71 bits per heavy atom. The number of carbonyl (C=O) groups excluding carboxylic acids is 3. The Kier molecular flexibility index (Phi) is 6.27. The van der Waals surface area contributed by atoms with Crippen molar-refractivity contribution in [1.82, 2.24) is 5.32 Å². The van der Waals surface area contributed by atoms with Crippen molar-refractivity contribution in [2.45, 2.75) is 65.2 Å². The minimum Gasteiger partial charge on any atom is -0.444 e. The van der Waals surface area contributed by atoms with Crippen molar-refractivity contribution in [2.75, 3.05) is 5.06 Å². The fourth-order valence-electron chi connectivity index (χ4n) is 2.48. The smallest absolute Gasteiger partial charge is 0.444 e. The maximum atomic E-state index is 12.9. The van der Waals surface area contributed by atoms with E-state index in [1.54, 1.807) is 59.7 Å². The third-order valence-corrected chi connectivity index (χ3v) is 3.92. The Morgan fingerprint density at radius 3 is 2.29 bits per heavy atom. The van der Waals surface area contributed by atoms with Gasteiger partial charge in [-0.25, -0.2) is 9.59 Å². The second kappa shape index (κ2) is 7.98. The van der Waals surface area contributed by atoms with Gasteiger partial charge in [-0.1, -0.05) is 15.9 Å². The molecule has 2 amide bonds. The molecular formula is C19H25BrN2O6. The molecule has 0 aromatic heterocycles. The molecule has 1 aromatic rings. The highest BCUT2D eigenvalue weighted by Gasteiger charge is 2.38. The van der Waals surface area contributed by atoms with E-state index < -0.39 is 35.4 Å². The third kappa shape index (κ3) is 6.12. The molecule has 1 aliphatic rings. The zero-order chi connectivity index (χ0) is 21.3. The van der Waals surface area contributed by atoms with Gasteiger partial charge >= 0.3 is 12.2 Å². The normalized spacial score (nSPS) is 16.9. The maximum absolute atomic E-state index is 12.9. The minimum absolute atomic E-state index is 0.223. The summed E-state index contributed by atoms with van der Waals surface area (Å²) in [7, 11) is 0. The monoisotopic (exact) mass is 456 g/mol. The minimum atomic E-state index is -1.02. The number of hydrogen-bond acceptors (Lipinski definition) is 6. The number of alkyl carbamates (subject to hydrolysis) is 1. The molecule has 0 bridgehead atoms. The van der Waals surface area contributed by atoms with Crippen molar-refractivity contribution in [2.24, 2.45) is 0 Å². The SMILES string of the molecule is CC(C)(C)OC(=O)N[C@H]1Cc2cc(Br)ccc2N(OC(=O)OC(C)(C)C)C1=O. The quantitative estimate of drug-likeness (QED) is 0.673. The molecule has 0 radical (unpaired) electrons. The largest absolute Gasteiger partial charge is 0.534 e. The zero-order valence-electron chi connectivity index (χ0n) is 16.8. The number of anilines is 1. The summed E-state index contributed by atoms with van der Waals surface area (Å²) in [6.45, 7) is 10.2. The molecule has 1 aliphatic heterocycles. The van der Waals surface area contributed by atoms with Crippen LogP contribution in [0.4, 0.5) is 15.3 Å². The summed E-state index contributed by atoms with van der Waals surface area (Å²) in [5.74, 6) is -0.605. The van der Waals surface area contributed by atoms with Crippen molar-refractivity contribution in [3.63, 3.8) is 0 Å². The number of hydrogen-bond donors (Lipinski definition) is 1. The van der Waals surface area contributed by atoms with Crippen LogP contribution in [0.5, 0.6) is 0 Å². The average Bonchev–Trinajstić information content (AvgIpc) is 2.47. The molecule has 1 aromatic carbocycles. The number of hydroxylamine groups is 1. The zero-order valence-corrected chi connectivity index (χ0v) is 18.4. The molecule has 2 rings (SSSR count). The van der Waals surface area contributed by atoms with E-state index in [1.807, 2.05) is 0 Å². The molecular weight excluding hydrogens is 432 g/mol. The molecule has 1 atom stereocenters. The van der Waals surface area contributed by atoms with Crippen LogP contribution in [0, 0.1) is 0 Å². The predicted molar refractivity (Wildman–Crippen MR) is 106 cm³/mol. The number of halogens is 1. The Hall–Kier alpha value is -2.29. The van der Waals surface area contributed by atoms with E-state index in [1.165, 1.54) is 0 Å². The van der Waals surface area contributed by atoms with Crippen LogP contribution in [0.25, 0.3) is 0 Å². The number of fused-ring (bicyclic) bond motifs is 1. The van der Waals surface area contributed by atoms with Crippen LogP contribution in [0.3, 0.4) is 0 Å². The van der Waals surface area contributed by atoms with Crippen molar-refractivity contribution in [1.29, 1.82) is 0 Å². The lowest BCUT2D eigenvalue weighted by molar-refractivity contribution is -0.128. The van der Waals surface area contributed by atoms with Crippen LogP contribution in [0.15, 0.2) is 22.7 Å². The molecule has 9 heteroatoms. The molecule has 0 spiro atoms. The van der Waals surface area contributed by atoms with Gasteiger partial charge in [-0.05, 0) is 65.3 Å². The van der Waals surface area contributed by atoms with Gasteiger partial charge in [0.25, 0.3) is 5.91 Å². The molecule has 1 N–H and O–H groups in total. The average molecular weight is 457 g/mol. The molecule has 1 heterocycles. The Morgan fingerprint density at radius 1 is 1.11 bits per heavy atom. The Bertz CT molecular complexity index is 782. The molecule has 28 heavy (non-hydrogen) atoms. The third-order valence-electron chi connectivity index (χ3n) is 3.43. The van der Waals surface area contributed by atoms with Gasteiger partial charge in [0.05, 0.1) is 5.69 Å². The Balaban J connectivity index is 2.26. The topological polar surface area (TPSA) is 94.2 Å². The lowest BCUT2D eigenvalue weighted by Gasteiger charge is -2.33. The van der Waals surface area contributed by atoms with E-state index in [2.05, 4.69) is 21.2 Å². The van der Waals surface area contributed by atoms with Gasteiger partial charge < -0.3 is 14.8 Å². The van der Waals surface area contributed by atoms with Gasteiger partial charge in [-0.2, -0.15) is 0 Å². The summed E-state index contributed by atoms with van der Waals surface area (Å²) in [6.07, 6.45) is -1.53. The number of benzene rings is 1. The number of nitrogens with one attached hydrogen (secondary N) is 1. The van der Waals surface area contributed by atoms with Gasteiger partial charge in [0.15, 0.2) is 0 Å². The summed E-state index contributed by atoms with van der Waals surface area (Å²) in [6, 6.07) is 4.20. The fourth-order valence-corrected chi connectivity index (χ4v) is 2.89. The standard InChI is InChI=1S/C19H25BrN2O6/c1-18(2,3)26-16(24)21-13-10-11-9-12(20)7-8-14(11)22(15(13)23)28-17(25)27-19(4,5)6/h7-9,13H,10H2,1-6H3,(H,21,24)/t13-/m0/s1. The number of carbonyl (C=O) groups is 3. The van der Waals surface area contributed by atoms with E-state index >= 15 is 0 Å². The summed E-state index contributed by atoms with van der Waals surface area (Å²) in [5.41, 5.74) is -0.387. The molecule has 0 unspecified atom stereocenters. The first-order valence-corrected chi connectivity index (χ1v) is 9.57. The first-order chi connectivity index (χ1) is 12.7. The number of nitrogens with zero attached hydrogens (tertiary/aromatic N) is 1. The van der Waals surface area contributed by atoms with Gasteiger partial charge in [0, 0.05) is 10.9 Å². The Labute approximate surface area is 172 Å². The second-order valence-corrected chi connectivity index (χ2v) is 9.28. The van der Waals surface area contributed by atoms with Crippen molar-refractivity contribution < 1.29 is 28.7 Å². The number of rotatable bonds is 2. The summed E-state index contributed by atoms with van der Waals surface area (Å²) in [4.78, 5) is 42.3. The molecule has 0 saturated carbocycles. The highest BCUT2D eigenvalue weighted by atomic mass is 79.9. The summed E-state index contributed by atoms with van der Waals surface area (Å²) < 4.78 is 11.1. The maximum Gasteiger partial charge on any atom is 0.534 e. The predicted octanol–water partition coefficient (Wildman–Crippen LogP) is 4.10. The fraction of sp³-hybridized carbons (Fsp3) is 0.526. The van der Waals surface area contributed by atoms with Crippen LogP contribution in [0.1, 0.15) is 47.1 Å².